The summed E-state index contributed by atoms with van der Waals surface area (Å²) in [5.74, 6) is 7.17. The average molecular weight is 920 g/mol. The average Bonchev–Trinajstić information content (AvgIpc) is 2.74. The van der Waals surface area contributed by atoms with Gasteiger partial charge in [-0.2, -0.15) is 109 Å². The summed E-state index contributed by atoms with van der Waals surface area (Å²) in [6.45, 7) is 21.9. The van der Waals surface area contributed by atoms with Crippen molar-refractivity contribution in [1.82, 2.24) is 0 Å². The van der Waals surface area contributed by atoms with Crippen molar-refractivity contribution in [3.63, 3.8) is 0 Å². The first kappa shape index (κ1) is 55.8. The monoisotopic (exact) mass is 920 g/mol. The molecule has 204 valence electrons. The Labute approximate surface area is 260 Å². The topological polar surface area (TPSA) is 0 Å². The minimum absolute atomic E-state index is 0. The molecule has 0 heterocycles. The van der Waals surface area contributed by atoms with E-state index < -0.39 is 0 Å². The van der Waals surface area contributed by atoms with Gasteiger partial charge in [0.25, 0.3) is 0 Å². The fourth-order valence-electron chi connectivity index (χ4n) is 0.866. The third kappa shape index (κ3) is 148. The van der Waals surface area contributed by atoms with E-state index in [1.807, 2.05) is 70.6 Å². The van der Waals surface area contributed by atoms with Crippen LogP contribution in [0.3, 0.4) is 0 Å². The molecule has 0 unspecified atom stereocenters. The number of thioether (sulfide) groups is 6. The van der Waals surface area contributed by atoms with Crippen LogP contribution in [-0.4, -0.2) is 72.1 Å². The summed E-state index contributed by atoms with van der Waals surface area (Å²) in [6.07, 6.45) is 18.9. The Kier molecular flexibility index (Phi) is 146. The molecular formula is C24H54Ir2S6. The van der Waals surface area contributed by atoms with Crippen LogP contribution in [0.4, 0.5) is 0 Å². The van der Waals surface area contributed by atoms with Gasteiger partial charge in [0.15, 0.2) is 0 Å². The van der Waals surface area contributed by atoms with E-state index in [9.17, 15) is 0 Å². The van der Waals surface area contributed by atoms with Gasteiger partial charge in [-0.15, -0.1) is 0 Å². The Bertz CT molecular complexity index is 124. The normalized spacial score (nSPS) is 7.88. The Morgan fingerprint density at radius 1 is 0.312 bits per heavy atom. The molecule has 0 aliphatic heterocycles. The summed E-state index contributed by atoms with van der Waals surface area (Å²) in [7, 11) is 0. The summed E-state index contributed by atoms with van der Waals surface area (Å²) in [5.41, 5.74) is 0. The summed E-state index contributed by atoms with van der Waals surface area (Å²) >= 11 is 11.0. The van der Waals surface area contributed by atoms with Crippen molar-refractivity contribution in [2.45, 2.75) is 38.5 Å². The number of hydrogen-bond donors (Lipinski definition) is 0. The molecule has 0 aromatic rings. The first-order valence-corrected chi connectivity index (χ1v) is 18.5. The molecule has 0 aromatic heterocycles. The molecule has 0 aliphatic carbocycles. The van der Waals surface area contributed by atoms with Crippen LogP contribution in [0, 0.1) is 41.5 Å². The quantitative estimate of drug-likeness (QED) is 0.178. The molecule has 0 saturated carbocycles. The second-order valence-corrected chi connectivity index (χ2v) is 11.0. The minimum Gasteiger partial charge on any atom is -0.343 e. The van der Waals surface area contributed by atoms with Crippen LogP contribution in [-0.2, 0) is 40.2 Å². The summed E-state index contributed by atoms with van der Waals surface area (Å²) < 4.78 is 0. The Morgan fingerprint density at radius 2 is 0.406 bits per heavy atom. The molecule has 0 radical (unpaired) electrons. The van der Waals surface area contributed by atoms with Crippen LogP contribution >= 0.6 is 70.6 Å². The minimum atomic E-state index is 0. The van der Waals surface area contributed by atoms with Crippen LogP contribution < -0.4 is 0 Å². The van der Waals surface area contributed by atoms with E-state index in [1.54, 1.807) is 0 Å². The molecule has 0 N–H and O–H groups in total. The first-order chi connectivity index (χ1) is 14.5. The van der Waals surface area contributed by atoms with Crippen molar-refractivity contribution in [3.05, 3.63) is 41.5 Å². The molecule has 0 spiro atoms. The van der Waals surface area contributed by atoms with E-state index in [-0.39, 0.29) is 40.2 Å². The fourth-order valence-corrected chi connectivity index (χ4v) is 2.60. The van der Waals surface area contributed by atoms with Gasteiger partial charge < -0.3 is 41.5 Å². The van der Waals surface area contributed by atoms with Crippen molar-refractivity contribution in [3.8, 4) is 0 Å². The zero-order chi connectivity index (χ0) is 24.7. The number of rotatable bonds is 12. The molecule has 0 rings (SSSR count). The van der Waals surface area contributed by atoms with Gasteiger partial charge in [0.05, 0.1) is 0 Å². The van der Waals surface area contributed by atoms with E-state index in [0.717, 1.165) is 38.5 Å². The van der Waals surface area contributed by atoms with Crippen LogP contribution in [0.5, 0.6) is 0 Å². The summed E-state index contributed by atoms with van der Waals surface area (Å²) in [4.78, 5) is 0. The maximum atomic E-state index is 3.65. The smallest absolute Gasteiger partial charge is 0.343 e. The number of hydrogen-bond acceptors (Lipinski definition) is 6. The van der Waals surface area contributed by atoms with Crippen molar-refractivity contribution >= 4 is 70.6 Å². The molecule has 0 saturated heterocycles. The molecular weight excluding hydrogens is 865 g/mol. The second-order valence-electron chi connectivity index (χ2n) is 5.08. The fraction of sp³-hybridized carbons (Fsp3) is 0.750. The van der Waals surface area contributed by atoms with Crippen molar-refractivity contribution in [2.75, 3.05) is 72.1 Å². The maximum Gasteiger partial charge on any atom is 3.00 e. The molecule has 0 aromatic carbocycles. The third-order valence-electron chi connectivity index (χ3n) is 2.09. The van der Waals surface area contributed by atoms with Crippen molar-refractivity contribution in [2.24, 2.45) is 0 Å². The SMILES string of the molecule is [CH2-]CCSC.[CH2-]CCSC.[CH2-]CCSC.[CH2-]CCSC.[CH2-]CCSC.[CH2-]CCSC.[Ir+3].[Ir+3]. The van der Waals surface area contributed by atoms with Gasteiger partial charge in [0, 0.05) is 0 Å². The van der Waals surface area contributed by atoms with E-state index in [2.05, 4.69) is 79.1 Å². The predicted molar refractivity (Wildman–Crippen MR) is 170 cm³/mol. The van der Waals surface area contributed by atoms with E-state index >= 15 is 0 Å². The molecule has 0 atom stereocenters. The Morgan fingerprint density at radius 3 is 0.406 bits per heavy atom. The van der Waals surface area contributed by atoms with E-state index in [4.69, 9.17) is 0 Å². The van der Waals surface area contributed by atoms with Gasteiger partial charge in [-0.1, -0.05) is 0 Å². The van der Waals surface area contributed by atoms with Gasteiger partial charge in [-0.05, 0) is 72.1 Å². The molecule has 0 nitrogen and oxygen atoms in total. The predicted octanol–water partition coefficient (Wildman–Crippen LogP) is 9.44. The Balaban J connectivity index is -0.0000000356. The molecule has 0 amide bonds. The molecule has 0 fully saturated rings. The molecule has 32 heavy (non-hydrogen) atoms. The summed E-state index contributed by atoms with van der Waals surface area (Å²) in [5, 5.41) is 0. The van der Waals surface area contributed by atoms with Gasteiger partial charge in [0.1, 0.15) is 0 Å². The van der Waals surface area contributed by atoms with Crippen LogP contribution in [0.15, 0.2) is 0 Å². The standard InChI is InChI=1S/6C4H9S.2Ir/c6*1-3-4-5-2;;/h6*1,3-4H2,2H3;;/q6*-1;2*+3. The molecule has 8 heteroatoms. The summed E-state index contributed by atoms with van der Waals surface area (Å²) in [6, 6.07) is 0. The molecule has 0 aliphatic rings. The van der Waals surface area contributed by atoms with Gasteiger partial charge in [-0.3, -0.25) is 0 Å². The van der Waals surface area contributed by atoms with Crippen molar-refractivity contribution < 1.29 is 40.2 Å². The van der Waals surface area contributed by atoms with E-state index in [0.29, 0.717) is 0 Å². The molecule has 0 bridgehead atoms. The van der Waals surface area contributed by atoms with Crippen LogP contribution in [0.1, 0.15) is 38.5 Å². The van der Waals surface area contributed by atoms with Gasteiger partial charge in [0.2, 0.25) is 0 Å². The van der Waals surface area contributed by atoms with Crippen LogP contribution in [0.25, 0.3) is 0 Å². The first-order valence-electron chi connectivity index (χ1n) is 10.2. The largest absolute Gasteiger partial charge is 3.00 e. The van der Waals surface area contributed by atoms with E-state index in [1.165, 1.54) is 34.5 Å². The maximum absolute atomic E-state index is 3.65. The van der Waals surface area contributed by atoms with Crippen LogP contribution in [0.2, 0.25) is 0 Å². The Hall–Kier alpha value is 3.40. The third-order valence-corrected chi connectivity index (χ3v) is 6.27. The van der Waals surface area contributed by atoms with Gasteiger partial charge >= 0.3 is 40.2 Å². The second kappa shape index (κ2) is 83.8. The zero-order valence-corrected chi connectivity index (χ0v) is 31.5. The van der Waals surface area contributed by atoms with Gasteiger partial charge in [-0.25, -0.2) is 0 Å². The zero-order valence-electron chi connectivity index (χ0n) is 21.8. The van der Waals surface area contributed by atoms with Crippen molar-refractivity contribution in [1.29, 1.82) is 0 Å².